The van der Waals surface area contributed by atoms with Crippen LogP contribution >= 0.6 is 11.6 Å². The molecule has 94 valence electrons. The van der Waals surface area contributed by atoms with Gasteiger partial charge < -0.3 is 20.7 Å². The summed E-state index contributed by atoms with van der Waals surface area (Å²) in [6.45, 7) is 3.50. The van der Waals surface area contributed by atoms with Gasteiger partial charge in [-0.25, -0.2) is 0 Å². The van der Waals surface area contributed by atoms with Crippen molar-refractivity contribution in [3.63, 3.8) is 0 Å². The Morgan fingerprint density at radius 2 is 2.41 bits per heavy atom. The molecule has 0 amide bonds. The van der Waals surface area contributed by atoms with E-state index in [1.807, 2.05) is 12.1 Å². The second kappa shape index (κ2) is 5.58. The van der Waals surface area contributed by atoms with Gasteiger partial charge in [-0.2, -0.15) is 0 Å². The van der Waals surface area contributed by atoms with Gasteiger partial charge in [0, 0.05) is 24.7 Å². The summed E-state index contributed by atoms with van der Waals surface area (Å²) in [6, 6.07) is 5.47. The number of hydrogen-bond acceptors (Lipinski definition) is 4. The van der Waals surface area contributed by atoms with Crippen molar-refractivity contribution in [2.75, 3.05) is 44.3 Å². The van der Waals surface area contributed by atoms with Crippen molar-refractivity contribution in [2.24, 2.45) is 0 Å². The first-order valence-corrected chi connectivity index (χ1v) is 6.12. The van der Waals surface area contributed by atoms with Crippen molar-refractivity contribution in [2.45, 2.75) is 6.10 Å². The van der Waals surface area contributed by atoms with Gasteiger partial charge in [0.1, 0.15) is 0 Å². The number of anilines is 2. The molecule has 17 heavy (non-hydrogen) atoms. The van der Waals surface area contributed by atoms with Gasteiger partial charge in [0.2, 0.25) is 0 Å². The minimum atomic E-state index is 0.212. The molecule has 0 bridgehead atoms. The molecule has 0 aliphatic carbocycles. The maximum atomic E-state index is 5.87. The monoisotopic (exact) mass is 255 g/mol. The molecule has 1 aromatic rings. The fourth-order valence-corrected chi connectivity index (χ4v) is 2.09. The molecule has 3 N–H and O–H groups in total. The second-order valence-corrected chi connectivity index (χ2v) is 4.80. The van der Waals surface area contributed by atoms with Crippen LogP contribution in [0.25, 0.3) is 0 Å². The minimum absolute atomic E-state index is 0.212. The number of benzene rings is 1. The summed E-state index contributed by atoms with van der Waals surface area (Å²) in [5.41, 5.74) is 7.44. The molecule has 1 aromatic carbocycles. The lowest BCUT2D eigenvalue weighted by Gasteiger charge is -2.30. The summed E-state index contributed by atoms with van der Waals surface area (Å²) in [6.07, 6.45) is 0.212. The molecule has 1 heterocycles. The molecule has 2 rings (SSSR count). The normalized spacial score (nSPS) is 21.4. The molecule has 1 fully saturated rings. The lowest BCUT2D eigenvalue weighted by molar-refractivity contribution is -0.0117. The highest BCUT2D eigenvalue weighted by atomic mass is 35.5. The van der Waals surface area contributed by atoms with Gasteiger partial charge in [0.05, 0.1) is 24.1 Å². The fraction of sp³-hybridized carbons (Fsp3) is 0.500. The van der Waals surface area contributed by atoms with Crippen LogP contribution in [0.4, 0.5) is 11.4 Å². The van der Waals surface area contributed by atoms with E-state index in [4.69, 9.17) is 22.1 Å². The zero-order valence-electron chi connectivity index (χ0n) is 9.95. The zero-order chi connectivity index (χ0) is 12.3. The van der Waals surface area contributed by atoms with Crippen molar-refractivity contribution in [1.29, 1.82) is 0 Å². The highest BCUT2D eigenvalue weighted by molar-refractivity contribution is 6.31. The second-order valence-electron chi connectivity index (χ2n) is 4.37. The van der Waals surface area contributed by atoms with Gasteiger partial charge in [0.25, 0.3) is 0 Å². The third kappa shape index (κ3) is 3.49. The van der Waals surface area contributed by atoms with Crippen molar-refractivity contribution in [3.05, 3.63) is 23.2 Å². The fourth-order valence-electron chi connectivity index (χ4n) is 1.91. The van der Waals surface area contributed by atoms with Gasteiger partial charge in [0.15, 0.2) is 0 Å². The van der Waals surface area contributed by atoms with Crippen LogP contribution in [0, 0.1) is 0 Å². The van der Waals surface area contributed by atoms with Crippen LogP contribution in [-0.4, -0.2) is 44.3 Å². The van der Waals surface area contributed by atoms with Crippen molar-refractivity contribution in [3.8, 4) is 0 Å². The molecule has 1 aliphatic heterocycles. The highest BCUT2D eigenvalue weighted by Gasteiger charge is 2.17. The Kier molecular flexibility index (Phi) is 4.10. The Bertz CT molecular complexity index is 386. The topological polar surface area (TPSA) is 50.5 Å². The van der Waals surface area contributed by atoms with Crippen LogP contribution in [0.2, 0.25) is 5.02 Å². The van der Waals surface area contributed by atoms with Crippen molar-refractivity contribution < 1.29 is 4.74 Å². The summed E-state index contributed by atoms with van der Waals surface area (Å²) in [5.74, 6) is 0. The zero-order valence-corrected chi connectivity index (χ0v) is 10.7. The molecule has 1 saturated heterocycles. The summed E-state index contributed by atoms with van der Waals surface area (Å²) in [5, 5.41) is 3.95. The Labute approximate surface area is 107 Å². The number of nitrogens with zero attached hydrogens (tertiary/aromatic N) is 1. The number of nitrogen functional groups attached to an aromatic ring is 1. The van der Waals surface area contributed by atoms with Gasteiger partial charge in [-0.1, -0.05) is 11.6 Å². The largest absolute Gasteiger partial charge is 0.397 e. The number of nitrogens with two attached hydrogens (primary N) is 1. The smallest absolute Gasteiger partial charge is 0.0874 e. The predicted octanol–water partition coefficient (Wildman–Crippen LogP) is 1.66. The number of hydrogen-bond donors (Lipinski definition) is 2. The van der Waals surface area contributed by atoms with Crippen LogP contribution in [0.15, 0.2) is 18.2 Å². The maximum absolute atomic E-state index is 5.87. The van der Waals surface area contributed by atoms with Crippen molar-refractivity contribution in [1.82, 2.24) is 4.90 Å². The van der Waals surface area contributed by atoms with E-state index in [1.165, 1.54) is 0 Å². The maximum Gasteiger partial charge on any atom is 0.0874 e. The predicted molar refractivity (Wildman–Crippen MR) is 71.6 cm³/mol. The molecule has 0 spiro atoms. The van der Waals surface area contributed by atoms with E-state index in [0.717, 1.165) is 31.9 Å². The number of nitrogens with one attached hydrogen (secondary N) is 1. The summed E-state index contributed by atoms with van der Waals surface area (Å²) >= 11 is 5.85. The lowest BCUT2D eigenvalue weighted by Crippen LogP contribution is -2.43. The van der Waals surface area contributed by atoms with Crippen molar-refractivity contribution >= 4 is 23.0 Å². The third-order valence-electron chi connectivity index (χ3n) is 2.88. The molecule has 1 unspecified atom stereocenters. The first-order chi connectivity index (χ1) is 8.15. The van der Waals surface area contributed by atoms with Gasteiger partial charge in [-0.3, -0.25) is 0 Å². The average molecular weight is 256 g/mol. The number of rotatable bonds is 3. The number of morpholine rings is 1. The Morgan fingerprint density at radius 1 is 1.59 bits per heavy atom. The minimum Gasteiger partial charge on any atom is -0.397 e. The molecule has 0 saturated carbocycles. The first-order valence-electron chi connectivity index (χ1n) is 5.74. The SMILES string of the molecule is CN1CCOC(CNc2ccc(Cl)cc2N)C1. The van der Waals surface area contributed by atoms with E-state index in [0.29, 0.717) is 10.7 Å². The van der Waals surface area contributed by atoms with Gasteiger partial charge in [-0.05, 0) is 25.2 Å². The summed E-state index contributed by atoms with van der Waals surface area (Å²) < 4.78 is 5.66. The molecule has 1 aliphatic rings. The highest BCUT2D eigenvalue weighted by Crippen LogP contribution is 2.22. The van der Waals surface area contributed by atoms with E-state index < -0.39 is 0 Å². The molecular weight excluding hydrogens is 238 g/mol. The summed E-state index contributed by atoms with van der Waals surface area (Å²) in [4.78, 5) is 2.26. The standard InChI is InChI=1S/C12H18ClN3O/c1-16-4-5-17-10(8-16)7-15-12-3-2-9(13)6-11(12)14/h2-3,6,10,15H,4-5,7-8,14H2,1H3. The average Bonchev–Trinajstić information content (AvgIpc) is 2.28. The molecular formula is C12H18ClN3O. The van der Waals surface area contributed by atoms with E-state index >= 15 is 0 Å². The lowest BCUT2D eigenvalue weighted by atomic mass is 10.2. The Hall–Kier alpha value is -0.970. The molecule has 1 atom stereocenters. The van der Waals surface area contributed by atoms with Crippen LogP contribution in [0.1, 0.15) is 0 Å². The number of ether oxygens (including phenoxy) is 1. The Morgan fingerprint density at radius 3 is 3.12 bits per heavy atom. The quantitative estimate of drug-likeness (QED) is 0.807. The van der Waals surface area contributed by atoms with Gasteiger partial charge in [-0.15, -0.1) is 0 Å². The van der Waals surface area contributed by atoms with E-state index in [2.05, 4.69) is 17.3 Å². The van der Waals surface area contributed by atoms with Crippen LogP contribution in [-0.2, 0) is 4.74 Å². The molecule has 0 radical (unpaired) electrons. The summed E-state index contributed by atoms with van der Waals surface area (Å²) in [7, 11) is 2.10. The van der Waals surface area contributed by atoms with E-state index in [-0.39, 0.29) is 6.10 Å². The van der Waals surface area contributed by atoms with E-state index in [9.17, 15) is 0 Å². The number of likely N-dealkylation sites (N-methyl/N-ethyl adjacent to an activating group) is 1. The third-order valence-corrected chi connectivity index (χ3v) is 3.11. The van der Waals surface area contributed by atoms with Crippen LogP contribution < -0.4 is 11.1 Å². The van der Waals surface area contributed by atoms with Crippen LogP contribution in [0.5, 0.6) is 0 Å². The van der Waals surface area contributed by atoms with Gasteiger partial charge >= 0.3 is 0 Å². The molecule has 0 aromatic heterocycles. The molecule has 4 nitrogen and oxygen atoms in total. The Balaban J connectivity index is 1.88. The molecule has 5 heteroatoms. The van der Waals surface area contributed by atoms with Crippen LogP contribution in [0.3, 0.4) is 0 Å². The first kappa shape index (κ1) is 12.5. The van der Waals surface area contributed by atoms with E-state index in [1.54, 1.807) is 6.07 Å². The number of halogens is 1.